The van der Waals surface area contributed by atoms with E-state index in [-0.39, 0.29) is 0 Å². The van der Waals surface area contributed by atoms with Crippen molar-refractivity contribution in [1.29, 1.82) is 5.26 Å². The fraction of sp³-hybridized carbons (Fsp3) is 0.375. The van der Waals surface area contributed by atoms with E-state index in [1.165, 1.54) is 0 Å². The minimum atomic E-state index is 0.457. The summed E-state index contributed by atoms with van der Waals surface area (Å²) in [6.45, 7) is 0. The van der Waals surface area contributed by atoms with Gasteiger partial charge in [-0.1, -0.05) is 0 Å². The molecule has 1 rings (SSSR count). The van der Waals surface area contributed by atoms with Crippen LogP contribution in [0, 0.1) is 11.3 Å². The van der Waals surface area contributed by atoms with Crippen LogP contribution in [-0.4, -0.2) is 34.9 Å². The first-order valence-corrected chi connectivity index (χ1v) is 3.77. The van der Waals surface area contributed by atoms with Gasteiger partial charge < -0.3 is 9.47 Å². The molecule has 5 nitrogen and oxygen atoms in total. The van der Waals surface area contributed by atoms with Gasteiger partial charge in [-0.2, -0.15) is 5.26 Å². The maximum Gasteiger partial charge on any atom is 0.190 e. The van der Waals surface area contributed by atoms with Gasteiger partial charge in [-0.3, -0.25) is 0 Å². The van der Waals surface area contributed by atoms with Crippen molar-refractivity contribution in [3.05, 3.63) is 12.0 Å². The second-order valence-corrected chi connectivity index (χ2v) is 2.85. The van der Waals surface area contributed by atoms with Crippen LogP contribution >= 0.6 is 0 Å². The number of imidazole rings is 1. The average molecular weight is 177 g/mol. The van der Waals surface area contributed by atoms with Crippen LogP contribution in [0.15, 0.2) is 11.3 Å². The van der Waals surface area contributed by atoms with E-state index in [0.717, 1.165) is 0 Å². The van der Waals surface area contributed by atoms with Gasteiger partial charge in [-0.25, -0.2) is 9.98 Å². The molecule has 0 aliphatic rings. The van der Waals surface area contributed by atoms with Crippen LogP contribution in [0.25, 0.3) is 0 Å². The standard InChI is InChI=1S/C8H11N5/c1-12(2)5-10-8-7(4-9)13(3)6-11-8/h5-6H,1-3H3. The van der Waals surface area contributed by atoms with Gasteiger partial charge in [-0.05, 0) is 0 Å². The van der Waals surface area contributed by atoms with E-state index in [0.29, 0.717) is 11.5 Å². The van der Waals surface area contributed by atoms with E-state index >= 15 is 0 Å². The molecule has 0 saturated heterocycles. The van der Waals surface area contributed by atoms with Crippen molar-refractivity contribution in [3.63, 3.8) is 0 Å². The SMILES string of the molecule is CN(C)C=Nc1ncn(C)c1C#N. The van der Waals surface area contributed by atoms with E-state index in [1.54, 1.807) is 29.2 Å². The number of aliphatic imine (C=N–C) groups is 1. The summed E-state index contributed by atoms with van der Waals surface area (Å²) in [6.07, 6.45) is 3.18. The number of aryl methyl sites for hydroxylation is 1. The van der Waals surface area contributed by atoms with Gasteiger partial charge in [0, 0.05) is 21.1 Å². The molecule has 0 amide bonds. The Morgan fingerprint density at radius 1 is 1.69 bits per heavy atom. The van der Waals surface area contributed by atoms with Crippen LogP contribution in [0.5, 0.6) is 0 Å². The Labute approximate surface area is 76.9 Å². The highest BCUT2D eigenvalue weighted by atomic mass is 15.1. The van der Waals surface area contributed by atoms with Crippen molar-refractivity contribution < 1.29 is 0 Å². The van der Waals surface area contributed by atoms with Gasteiger partial charge in [0.15, 0.2) is 11.5 Å². The highest BCUT2D eigenvalue weighted by molar-refractivity contribution is 5.61. The summed E-state index contributed by atoms with van der Waals surface area (Å²) in [7, 11) is 5.48. The molecule has 0 radical (unpaired) electrons. The maximum atomic E-state index is 8.76. The highest BCUT2D eigenvalue weighted by Crippen LogP contribution is 2.13. The highest BCUT2D eigenvalue weighted by Gasteiger charge is 2.05. The first-order chi connectivity index (χ1) is 6.15. The molecular weight excluding hydrogens is 166 g/mol. The monoisotopic (exact) mass is 177 g/mol. The van der Waals surface area contributed by atoms with Gasteiger partial charge in [0.05, 0.1) is 12.7 Å². The Bertz CT molecular complexity index is 355. The van der Waals surface area contributed by atoms with Crippen molar-refractivity contribution in [2.45, 2.75) is 0 Å². The Morgan fingerprint density at radius 2 is 2.38 bits per heavy atom. The number of nitrogens with zero attached hydrogens (tertiary/aromatic N) is 5. The van der Waals surface area contributed by atoms with Crippen LogP contribution in [-0.2, 0) is 7.05 Å². The number of hydrogen-bond donors (Lipinski definition) is 0. The molecule has 0 aliphatic heterocycles. The van der Waals surface area contributed by atoms with Crippen molar-refractivity contribution in [3.8, 4) is 6.07 Å². The van der Waals surface area contributed by atoms with E-state index in [2.05, 4.69) is 9.98 Å². The molecule has 0 atom stereocenters. The number of nitriles is 1. The third-order valence-corrected chi connectivity index (χ3v) is 1.43. The lowest BCUT2D eigenvalue weighted by Crippen LogP contribution is -2.07. The van der Waals surface area contributed by atoms with Gasteiger partial charge in [0.1, 0.15) is 6.07 Å². The van der Waals surface area contributed by atoms with Crippen LogP contribution in [0.1, 0.15) is 5.69 Å². The molecule has 5 heteroatoms. The molecule has 13 heavy (non-hydrogen) atoms. The fourth-order valence-corrected chi connectivity index (χ4v) is 0.811. The largest absolute Gasteiger partial charge is 0.369 e. The van der Waals surface area contributed by atoms with E-state index < -0.39 is 0 Å². The maximum absolute atomic E-state index is 8.76. The Hall–Kier alpha value is -1.83. The van der Waals surface area contributed by atoms with E-state index in [9.17, 15) is 0 Å². The van der Waals surface area contributed by atoms with Gasteiger partial charge in [0.25, 0.3) is 0 Å². The molecule has 0 saturated carbocycles. The van der Waals surface area contributed by atoms with E-state index in [4.69, 9.17) is 5.26 Å². The zero-order valence-corrected chi connectivity index (χ0v) is 7.89. The Kier molecular flexibility index (Phi) is 2.65. The molecular formula is C8H11N5. The summed E-state index contributed by atoms with van der Waals surface area (Å²) in [4.78, 5) is 9.81. The molecule has 0 unspecified atom stereocenters. The molecule has 0 aromatic carbocycles. The lowest BCUT2D eigenvalue weighted by molar-refractivity contribution is 0.643. The predicted octanol–water partition coefficient (Wildman–Crippen LogP) is 0.513. The fourth-order valence-electron chi connectivity index (χ4n) is 0.811. The van der Waals surface area contributed by atoms with Crippen molar-refractivity contribution in [1.82, 2.24) is 14.5 Å². The summed E-state index contributed by atoms with van der Waals surface area (Å²) in [5, 5.41) is 8.76. The smallest absolute Gasteiger partial charge is 0.190 e. The van der Waals surface area contributed by atoms with Gasteiger partial charge in [0.2, 0.25) is 0 Å². The first kappa shape index (κ1) is 9.26. The topological polar surface area (TPSA) is 57.2 Å². The van der Waals surface area contributed by atoms with Crippen LogP contribution < -0.4 is 0 Å². The third-order valence-electron chi connectivity index (χ3n) is 1.43. The normalized spacial score (nSPS) is 10.3. The summed E-state index contributed by atoms with van der Waals surface area (Å²) < 4.78 is 1.64. The van der Waals surface area contributed by atoms with Gasteiger partial charge >= 0.3 is 0 Å². The third kappa shape index (κ3) is 2.06. The minimum Gasteiger partial charge on any atom is -0.369 e. The first-order valence-electron chi connectivity index (χ1n) is 3.77. The summed E-state index contributed by atoms with van der Waals surface area (Å²) >= 11 is 0. The molecule has 0 fully saturated rings. The Balaban J connectivity index is 2.97. The quantitative estimate of drug-likeness (QED) is 0.488. The number of rotatable bonds is 2. The number of hydrogen-bond acceptors (Lipinski definition) is 3. The second-order valence-electron chi connectivity index (χ2n) is 2.85. The number of aromatic nitrogens is 2. The molecule has 1 heterocycles. The zero-order chi connectivity index (χ0) is 9.84. The summed E-state index contributed by atoms with van der Waals surface area (Å²) in [6, 6.07) is 2.04. The molecule has 0 spiro atoms. The minimum absolute atomic E-state index is 0.457. The zero-order valence-electron chi connectivity index (χ0n) is 7.89. The Morgan fingerprint density at radius 3 is 2.92 bits per heavy atom. The molecule has 68 valence electrons. The van der Waals surface area contributed by atoms with Crippen molar-refractivity contribution in [2.75, 3.05) is 14.1 Å². The molecule has 0 N–H and O–H groups in total. The van der Waals surface area contributed by atoms with Gasteiger partial charge in [-0.15, -0.1) is 0 Å². The van der Waals surface area contributed by atoms with Crippen molar-refractivity contribution in [2.24, 2.45) is 12.0 Å². The predicted molar refractivity (Wildman–Crippen MR) is 49.8 cm³/mol. The molecule has 0 aliphatic carbocycles. The van der Waals surface area contributed by atoms with Crippen LogP contribution in [0.2, 0.25) is 0 Å². The lowest BCUT2D eigenvalue weighted by atomic mass is 10.5. The molecule has 1 aromatic rings. The second kappa shape index (κ2) is 3.72. The summed E-state index contributed by atoms with van der Waals surface area (Å²) in [5.41, 5.74) is 0.470. The molecule has 0 bridgehead atoms. The van der Waals surface area contributed by atoms with E-state index in [1.807, 2.05) is 20.2 Å². The average Bonchev–Trinajstić information content (AvgIpc) is 2.42. The van der Waals surface area contributed by atoms with Crippen LogP contribution in [0.4, 0.5) is 5.82 Å². The summed E-state index contributed by atoms with van der Waals surface area (Å²) in [5.74, 6) is 0.457. The lowest BCUT2D eigenvalue weighted by Gasteiger charge is -2.00. The molecule has 1 aromatic heterocycles. The van der Waals surface area contributed by atoms with Crippen molar-refractivity contribution >= 4 is 12.2 Å². The van der Waals surface area contributed by atoms with Crippen LogP contribution in [0.3, 0.4) is 0 Å².